The molecule has 0 unspecified atom stereocenters. The fourth-order valence-electron chi connectivity index (χ4n) is 2.98. The van der Waals surface area contributed by atoms with Crippen LogP contribution < -0.4 is 0 Å². The Morgan fingerprint density at radius 1 is 0.914 bits per heavy atom. The Bertz CT molecular complexity index is 1130. The van der Waals surface area contributed by atoms with Gasteiger partial charge in [-0.15, -0.1) is 11.3 Å². The van der Waals surface area contributed by atoms with Crippen LogP contribution in [0.1, 0.15) is 51.4 Å². The predicted molar refractivity (Wildman–Crippen MR) is 133 cm³/mol. The fourth-order valence-corrected chi connectivity index (χ4v) is 5.19. The van der Waals surface area contributed by atoms with E-state index in [2.05, 4.69) is 4.98 Å². The number of carbonyl (C=O) groups excluding carboxylic acids is 1. The van der Waals surface area contributed by atoms with Crippen LogP contribution in [0.2, 0.25) is 0 Å². The molecule has 0 aliphatic rings. The molecule has 0 bridgehead atoms. The standard InChI is InChI=1S/C26H28F3NO3S2/c1-24(2,3)33-22(31)25(4,5)35-23-30-21(16-34-23)15-32-14-17-6-8-18(9-7-17)19-10-12-20(13-11-19)26(27,28)29/h6-13,16H,14-15H2,1-5H3. The maximum Gasteiger partial charge on any atom is 0.416 e. The van der Waals surface area contributed by atoms with E-state index in [1.54, 1.807) is 0 Å². The van der Waals surface area contributed by atoms with Gasteiger partial charge in [0.25, 0.3) is 0 Å². The number of ether oxygens (including phenoxy) is 2. The molecule has 0 radical (unpaired) electrons. The highest BCUT2D eigenvalue weighted by Gasteiger charge is 2.34. The van der Waals surface area contributed by atoms with Gasteiger partial charge in [-0.3, -0.25) is 4.79 Å². The first-order chi connectivity index (χ1) is 16.2. The van der Waals surface area contributed by atoms with E-state index in [-0.39, 0.29) is 5.97 Å². The first-order valence-corrected chi connectivity index (χ1v) is 12.6. The molecule has 188 valence electrons. The normalized spacial score (nSPS) is 12.6. The van der Waals surface area contributed by atoms with Crippen molar-refractivity contribution in [3.63, 3.8) is 0 Å². The van der Waals surface area contributed by atoms with Gasteiger partial charge in [0, 0.05) is 5.38 Å². The smallest absolute Gasteiger partial charge is 0.416 e. The first kappa shape index (κ1) is 27.2. The number of halogens is 3. The van der Waals surface area contributed by atoms with E-state index in [1.165, 1.54) is 35.2 Å². The number of hydrogen-bond donors (Lipinski definition) is 0. The summed E-state index contributed by atoms with van der Waals surface area (Å²) in [6.07, 6.45) is -4.34. The SMILES string of the molecule is CC(C)(C)OC(=O)C(C)(C)Sc1nc(COCc2ccc(-c3ccc(C(F)(F)F)cc3)cc2)cs1. The molecule has 0 amide bonds. The molecular weight excluding hydrogens is 495 g/mol. The molecule has 0 saturated carbocycles. The molecule has 0 N–H and O–H groups in total. The van der Waals surface area contributed by atoms with Crippen molar-refractivity contribution < 1.29 is 27.4 Å². The lowest BCUT2D eigenvalue weighted by molar-refractivity contribution is -0.156. The molecule has 9 heteroatoms. The molecule has 0 aliphatic heterocycles. The summed E-state index contributed by atoms with van der Waals surface area (Å²) in [4.78, 5) is 17.0. The van der Waals surface area contributed by atoms with Crippen molar-refractivity contribution in [1.82, 2.24) is 4.98 Å². The zero-order valence-electron chi connectivity index (χ0n) is 20.2. The van der Waals surface area contributed by atoms with Gasteiger partial charge in [0.05, 0.1) is 24.5 Å². The minimum Gasteiger partial charge on any atom is -0.459 e. The van der Waals surface area contributed by atoms with Crippen LogP contribution >= 0.6 is 23.1 Å². The molecule has 1 aromatic heterocycles. The quantitative estimate of drug-likeness (QED) is 0.223. The summed E-state index contributed by atoms with van der Waals surface area (Å²) in [5.41, 5.74) is 2.05. The van der Waals surface area contributed by atoms with Crippen LogP contribution in [0.25, 0.3) is 11.1 Å². The Hall–Kier alpha value is -2.36. The number of aromatic nitrogens is 1. The van der Waals surface area contributed by atoms with Gasteiger partial charge in [0.2, 0.25) is 0 Å². The largest absolute Gasteiger partial charge is 0.459 e. The molecule has 0 atom stereocenters. The second-order valence-electron chi connectivity index (χ2n) is 9.48. The van der Waals surface area contributed by atoms with Gasteiger partial charge >= 0.3 is 12.1 Å². The van der Waals surface area contributed by atoms with Crippen molar-refractivity contribution in [1.29, 1.82) is 0 Å². The Morgan fingerprint density at radius 3 is 2.03 bits per heavy atom. The van der Waals surface area contributed by atoms with Gasteiger partial charge in [0.15, 0.2) is 4.34 Å². The predicted octanol–water partition coefficient (Wildman–Crippen LogP) is 7.76. The van der Waals surface area contributed by atoms with Gasteiger partial charge in [-0.25, -0.2) is 4.98 Å². The van der Waals surface area contributed by atoms with Gasteiger partial charge in [0.1, 0.15) is 10.3 Å². The lowest BCUT2D eigenvalue weighted by atomic mass is 10.0. The molecule has 1 heterocycles. The lowest BCUT2D eigenvalue weighted by Crippen LogP contribution is -2.36. The summed E-state index contributed by atoms with van der Waals surface area (Å²) in [6.45, 7) is 9.85. The molecule has 4 nitrogen and oxygen atoms in total. The van der Waals surface area contributed by atoms with Crippen molar-refractivity contribution in [2.24, 2.45) is 0 Å². The summed E-state index contributed by atoms with van der Waals surface area (Å²) in [6, 6.07) is 12.6. The van der Waals surface area contributed by atoms with Gasteiger partial charge in [-0.05, 0) is 63.4 Å². The number of alkyl halides is 3. The van der Waals surface area contributed by atoms with E-state index in [1.807, 2.05) is 64.3 Å². The van der Waals surface area contributed by atoms with Crippen LogP contribution in [0.15, 0.2) is 58.3 Å². The molecule has 0 fully saturated rings. The Morgan fingerprint density at radius 2 is 1.49 bits per heavy atom. The highest BCUT2D eigenvalue weighted by atomic mass is 32.2. The third-order valence-corrected chi connectivity index (χ3v) is 6.95. The van der Waals surface area contributed by atoms with E-state index in [0.717, 1.165) is 33.3 Å². The minimum absolute atomic E-state index is 0.289. The lowest BCUT2D eigenvalue weighted by Gasteiger charge is -2.27. The second-order valence-corrected chi connectivity index (χ2v) is 12.2. The van der Waals surface area contributed by atoms with Crippen molar-refractivity contribution >= 4 is 29.1 Å². The molecule has 2 aromatic carbocycles. The van der Waals surface area contributed by atoms with Gasteiger partial charge < -0.3 is 9.47 Å². The highest BCUT2D eigenvalue weighted by Crippen LogP contribution is 2.36. The fraction of sp³-hybridized carbons (Fsp3) is 0.385. The highest BCUT2D eigenvalue weighted by molar-refractivity contribution is 8.03. The minimum atomic E-state index is -4.34. The van der Waals surface area contributed by atoms with Crippen molar-refractivity contribution in [3.05, 3.63) is 70.7 Å². The van der Waals surface area contributed by atoms with Gasteiger partial charge in [-0.1, -0.05) is 48.2 Å². The Kier molecular flexibility index (Phi) is 8.34. The molecule has 3 aromatic rings. The topological polar surface area (TPSA) is 48.4 Å². The first-order valence-electron chi connectivity index (χ1n) is 10.9. The molecule has 3 rings (SSSR count). The van der Waals surface area contributed by atoms with E-state index in [9.17, 15) is 18.0 Å². The number of benzene rings is 2. The van der Waals surface area contributed by atoms with Crippen LogP contribution in [0.3, 0.4) is 0 Å². The second kappa shape index (κ2) is 10.7. The number of nitrogens with zero attached hydrogens (tertiary/aromatic N) is 1. The van der Waals surface area contributed by atoms with E-state index in [0.29, 0.717) is 18.8 Å². The number of rotatable bonds is 8. The van der Waals surface area contributed by atoms with E-state index in [4.69, 9.17) is 9.47 Å². The van der Waals surface area contributed by atoms with Crippen molar-refractivity contribution in [2.75, 3.05) is 0 Å². The van der Waals surface area contributed by atoms with Crippen molar-refractivity contribution in [3.8, 4) is 11.1 Å². The van der Waals surface area contributed by atoms with Crippen LogP contribution in [-0.4, -0.2) is 21.3 Å². The summed E-state index contributed by atoms with van der Waals surface area (Å²) >= 11 is 2.82. The number of thiazole rings is 1. The summed E-state index contributed by atoms with van der Waals surface area (Å²) in [7, 11) is 0. The van der Waals surface area contributed by atoms with Crippen LogP contribution in [0, 0.1) is 0 Å². The number of carbonyl (C=O) groups is 1. The van der Waals surface area contributed by atoms with Gasteiger partial charge in [-0.2, -0.15) is 13.2 Å². The summed E-state index contributed by atoms with van der Waals surface area (Å²) in [5.74, 6) is -0.289. The zero-order valence-corrected chi connectivity index (χ0v) is 21.9. The zero-order chi connectivity index (χ0) is 25.9. The molecular formula is C26H28F3NO3S2. The Labute approximate surface area is 211 Å². The summed E-state index contributed by atoms with van der Waals surface area (Å²) < 4.78 is 49.5. The van der Waals surface area contributed by atoms with E-state index < -0.39 is 22.1 Å². The molecule has 35 heavy (non-hydrogen) atoms. The molecule has 0 aliphatic carbocycles. The number of esters is 1. The number of thioether (sulfide) groups is 1. The van der Waals surface area contributed by atoms with Crippen LogP contribution in [0.4, 0.5) is 13.2 Å². The average Bonchev–Trinajstić information content (AvgIpc) is 3.19. The molecule has 0 spiro atoms. The Balaban J connectivity index is 1.51. The maximum absolute atomic E-state index is 12.7. The molecule has 0 saturated heterocycles. The maximum atomic E-state index is 12.7. The van der Waals surface area contributed by atoms with Crippen LogP contribution in [-0.2, 0) is 33.7 Å². The summed E-state index contributed by atoms with van der Waals surface area (Å²) in [5, 5.41) is 1.90. The van der Waals surface area contributed by atoms with Crippen LogP contribution in [0.5, 0.6) is 0 Å². The van der Waals surface area contributed by atoms with Crippen molar-refractivity contribution in [2.45, 2.75) is 68.7 Å². The van der Waals surface area contributed by atoms with E-state index >= 15 is 0 Å². The third kappa shape index (κ3) is 8.08. The number of hydrogen-bond acceptors (Lipinski definition) is 6. The average molecular weight is 524 g/mol. The monoisotopic (exact) mass is 523 g/mol. The third-order valence-electron chi connectivity index (χ3n) is 4.78.